The molecule has 2 rings (SSSR count). The maximum Gasteiger partial charge on any atom is 0.0294 e. The van der Waals surface area contributed by atoms with E-state index in [2.05, 4.69) is 74.6 Å². The average molecular weight is 239 g/mol. The number of rotatable bonds is 4. The third-order valence-corrected chi connectivity index (χ3v) is 3.40. The molecule has 1 N–H and O–H groups in total. The summed E-state index contributed by atoms with van der Waals surface area (Å²) in [5, 5.41) is 3.58. The molecule has 0 aliphatic rings. The molecule has 0 aromatic heterocycles. The van der Waals surface area contributed by atoms with Gasteiger partial charge >= 0.3 is 0 Å². The standard InChI is InChI=1S/C17H21N/c1-13-9-10-17(14(2)11-13)12-18-15(3)16-7-5-4-6-8-16/h4-11,15,18H,12H2,1-3H3. The summed E-state index contributed by atoms with van der Waals surface area (Å²) in [6.45, 7) is 7.44. The monoisotopic (exact) mass is 239 g/mol. The minimum atomic E-state index is 0.381. The predicted octanol–water partition coefficient (Wildman–Crippen LogP) is 4.15. The fourth-order valence-electron chi connectivity index (χ4n) is 2.17. The molecule has 0 saturated carbocycles. The van der Waals surface area contributed by atoms with Crippen LogP contribution >= 0.6 is 0 Å². The van der Waals surface area contributed by atoms with Crippen LogP contribution in [-0.4, -0.2) is 0 Å². The summed E-state index contributed by atoms with van der Waals surface area (Å²) in [5.74, 6) is 0. The highest BCUT2D eigenvalue weighted by molar-refractivity contribution is 5.30. The van der Waals surface area contributed by atoms with Crippen molar-refractivity contribution in [1.29, 1.82) is 0 Å². The van der Waals surface area contributed by atoms with Crippen LogP contribution < -0.4 is 5.32 Å². The maximum absolute atomic E-state index is 3.58. The number of benzene rings is 2. The fourth-order valence-corrected chi connectivity index (χ4v) is 2.17. The Morgan fingerprint density at radius 3 is 2.39 bits per heavy atom. The van der Waals surface area contributed by atoms with Gasteiger partial charge in [-0.25, -0.2) is 0 Å². The molecule has 2 aromatic carbocycles. The molecule has 2 aromatic rings. The number of hydrogen-bond donors (Lipinski definition) is 1. The van der Waals surface area contributed by atoms with Crippen molar-refractivity contribution in [3.8, 4) is 0 Å². The summed E-state index contributed by atoms with van der Waals surface area (Å²) in [6.07, 6.45) is 0. The van der Waals surface area contributed by atoms with E-state index in [-0.39, 0.29) is 0 Å². The molecule has 0 fully saturated rings. The Labute approximate surface area is 110 Å². The Bertz CT molecular complexity index is 502. The number of hydrogen-bond acceptors (Lipinski definition) is 1. The fraction of sp³-hybridized carbons (Fsp3) is 0.294. The molecule has 0 radical (unpaired) electrons. The van der Waals surface area contributed by atoms with Crippen LogP contribution in [0.25, 0.3) is 0 Å². The summed E-state index contributed by atoms with van der Waals surface area (Å²) >= 11 is 0. The van der Waals surface area contributed by atoms with Gasteiger partial charge in [0.15, 0.2) is 0 Å². The van der Waals surface area contributed by atoms with Gasteiger partial charge in [-0.2, -0.15) is 0 Å². The molecule has 0 heterocycles. The molecule has 0 aliphatic carbocycles. The molecule has 1 heteroatoms. The summed E-state index contributed by atoms with van der Waals surface area (Å²) in [4.78, 5) is 0. The Balaban J connectivity index is 1.99. The lowest BCUT2D eigenvalue weighted by Gasteiger charge is -2.15. The van der Waals surface area contributed by atoms with Gasteiger partial charge in [-0.1, -0.05) is 54.1 Å². The summed E-state index contributed by atoms with van der Waals surface area (Å²) in [5.41, 5.74) is 5.40. The Hall–Kier alpha value is -1.60. The van der Waals surface area contributed by atoms with Crippen molar-refractivity contribution in [3.05, 3.63) is 70.8 Å². The van der Waals surface area contributed by atoms with Crippen LogP contribution in [-0.2, 0) is 6.54 Å². The van der Waals surface area contributed by atoms with Crippen LogP contribution in [0.3, 0.4) is 0 Å². The lowest BCUT2D eigenvalue weighted by atomic mass is 10.0. The minimum Gasteiger partial charge on any atom is -0.306 e. The zero-order chi connectivity index (χ0) is 13.0. The van der Waals surface area contributed by atoms with E-state index < -0.39 is 0 Å². The number of aryl methyl sites for hydroxylation is 2. The Kier molecular flexibility index (Phi) is 4.16. The van der Waals surface area contributed by atoms with E-state index in [1.165, 1.54) is 22.3 Å². The van der Waals surface area contributed by atoms with Crippen LogP contribution in [0.1, 0.15) is 35.2 Å². The van der Waals surface area contributed by atoms with E-state index in [4.69, 9.17) is 0 Å². The second kappa shape index (κ2) is 5.83. The van der Waals surface area contributed by atoms with Gasteiger partial charge in [-0.15, -0.1) is 0 Å². The second-order valence-electron chi connectivity index (χ2n) is 4.94. The molecule has 94 valence electrons. The second-order valence-corrected chi connectivity index (χ2v) is 4.94. The van der Waals surface area contributed by atoms with Crippen molar-refractivity contribution >= 4 is 0 Å². The van der Waals surface area contributed by atoms with Gasteiger partial charge in [0.1, 0.15) is 0 Å². The largest absolute Gasteiger partial charge is 0.306 e. The first-order valence-corrected chi connectivity index (χ1v) is 6.51. The van der Waals surface area contributed by atoms with E-state index in [1.807, 2.05) is 0 Å². The summed E-state index contributed by atoms with van der Waals surface area (Å²) in [7, 11) is 0. The van der Waals surface area contributed by atoms with E-state index in [0.29, 0.717) is 6.04 Å². The van der Waals surface area contributed by atoms with Crippen molar-refractivity contribution in [2.24, 2.45) is 0 Å². The van der Waals surface area contributed by atoms with Crippen molar-refractivity contribution in [3.63, 3.8) is 0 Å². The lowest BCUT2D eigenvalue weighted by molar-refractivity contribution is 0.573. The Morgan fingerprint density at radius 1 is 1.00 bits per heavy atom. The zero-order valence-electron chi connectivity index (χ0n) is 11.4. The first kappa shape index (κ1) is 12.8. The molecule has 0 aliphatic heterocycles. The van der Waals surface area contributed by atoms with Crippen molar-refractivity contribution in [2.75, 3.05) is 0 Å². The van der Waals surface area contributed by atoms with Gasteiger partial charge in [0, 0.05) is 12.6 Å². The van der Waals surface area contributed by atoms with Crippen LogP contribution in [0, 0.1) is 13.8 Å². The minimum absolute atomic E-state index is 0.381. The summed E-state index contributed by atoms with van der Waals surface area (Å²) < 4.78 is 0. The third kappa shape index (κ3) is 3.21. The van der Waals surface area contributed by atoms with Gasteiger partial charge in [0.2, 0.25) is 0 Å². The van der Waals surface area contributed by atoms with E-state index in [1.54, 1.807) is 0 Å². The van der Waals surface area contributed by atoms with Crippen molar-refractivity contribution < 1.29 is 0 Å². The van der Waals surface area contributed by atoms with Crippen LogP contribution in [0.2, 0.25) is 0 Å². The highest BCUT2D eigenvalue weighted by atomic mass is 14.9. The van der Waals surface area contributed by atoms with Gasteiger partial charge in [-0.3, -0.25) is 0 Å². The molecule has 18 heavy (non-hydrogen) atoms. The van der Waals surface area contributed by atoms with Crippen LogP contribution in [0.15, 0.2) is 48.5 Å². The molecule has 0 spiro atoms. The molecular weight excluding hydrogens is 218 g/mol. The zero-order valence-corrected chi connectivity index (χ0v) is 11.4. The van der Waals surface area contributed by atoms with Crippen molar-refractivity contribution in [2.45, 2.75) is 33.4 Å². The summed E-state index contributed by atoms with van der Waals surface area (Å²) in [6, 6.07) is 17.6. The Morgan fingerprint density at radius 2 is 1.72 bits per heavy atom. The first-order valence-electron chi connectivity index (χ1n) is 6.51. The van der Waals surface area contributed by atoms with Crippen LogP contribution in [0.5, 0.6) is 0 Å². The van der Waals surface area contributed by atoms with E-state index in [0.717, 1.165) is 6.54 Å². The topological polar surface area (TPSA) is 12.0 Å². The van der Waals surface area contributed by atoms with Crippen molar-refractivity contribution in [1.82, 2.24) is 5.32 Å². The molecular formula is C17H21N. The SMILES string of the molecule is Cc1ccc(CNC(C)c2ccccc2)c(C)c1. The van der Waals surface area contributed by atoms with E-state index >= 15 is 0 Å². The molecule has 0 amide bonds. The van der Waals surface area contributed by atoms with Gasteiger partial charge in [0.25, 0.3) is 0 Å². The maximum atomic E-state index is 3.58. The first-order chi connectivity index (χ1) is 8.66. The van der Waals surface area contributed by atoms with E-state index in [9.17, 15) is 0 Å². The molecule has 1 atom stereocenters. The van der Waals surface area contributed by atoms with Gasteiger partial charge < -0.3 is 5.32 Å². The number of nitrogens with one attached hydrogen (secondary N) is 1. The normalized spacial score (nSPS) is 12.4. The molecule has 0 bridgehead atoms. The van der Waals surface area contributed by atoms with Gasteiger partial charge in [0.05, 0.1) is 0 Å². The van der Waals surface area contributed by atoms with Gasteiger partial charge in [-0.05, 0) is 37.5 Å². The predicted molar refractivity (Wildman–Crippen MR) is 77.6 cm³/mol. The highest BCUT2D eigenvalue weighted by Gasteiger charge is 2.05. The molecule has 0 saturated heterocycles. The average Bonchev–Trinajstić information content (AvgIpc) is 2.38. The smallest absolute Gasteiger partial charge is 0.0294 e. The lowest BCUT2D eigenvalue weighted by Crippen LogP contribution is -2.18. The van der Waals surface area contributed by atoms with Crippen LogP contribution in [0.4, 0.5) is 0 Å². The molecule has 1 unspecified atom stereocenters. The molecule has 1 nitrogen and oxygen atoms in total. The quantitative estimate of drug-likeness (QED) is 0.845. The third-order valence-electron chi connectivity index (χ3n) is 3.40. The highest BCUT2D eigenvalue weighted by Crippen LogP contribution is 2.14.